The maximum atomic E-state index is 5.28. The molecule has 5 nitrogen and oxygen atoms in total. The monoisotopic (exact) mass is 845 g/mol. The highest BCUT2D eigenvalue weighted by molar-refractivity contribution is 5.96. The second-order valence-corrected chi connectivity index (χ2v) is 17.7. The lowest BCUT2D eigenvalue weighted by Crippen LogP contribution is -2.49. The molecule has 0 unspecified atom stereocenters. The van der Waals surface area contributed by atoms with E-state index >= 15 is 0 Å². The molecule has 10 aromatic rings. The van der Waals surface area contributed by atoms with Gasteiger partial charge in [0, 0.05) is 41.6 Å². The molecule has 0 N–H and O–H groups in total. The average molecular weight is 846 g/mol. The summed E-state index contributed by atoms with van der Waals surface area (Å²) in [6, 6.07) is 74.4. The minimum atomic E-state index is -0.701. The quantitative estimate of drug-likeness (QED) is 0.177. The van der Waals surface area contributed by atoms with Gasteiger partial charge in [0.2, 0.25) is 0 Å². The standard InChI is InChI=1S/C61H43N5/c1-40-24-26-58-52(36-40)61(53-37-41(2)25-27-59(53)66(58)45-38-54(42-28-32-62-33-29-42)64-55(39-45)43-30-34-63-35-31-43)48-18-8-6-16-46(48)60(47-17-7-9-19-49(47)61)50-20-10-12-22-56(50)65(44-14-4-3-5-15-44)57-23-13-11-21-51(57)60/h3-39H,1-2H3. The number of benzene rings is 7. The van der Waals surface area contributed by atoms with Crippen LogP contribution in [-0.2, 0) is 10.8 Å². The number of fused-ring (bicyclic) bond motifs is 14. The van der Waals surface area contributed by atoms with Crippen LogP contribution >= 0.6 is 0 Å². The number of para-hydroxylation sites is 3. The molecular weight excluding hydrogens is 803 g/mol. The highest BCUT2D eigenvalue weighted by Gasteiger charge is 2.59. The van der Waals surface area contributed by atoms with E-state index in [1.165, 1.54) is 67.0 Å². The fourth-order valence-electron chi connectivity index (χ4n) is 11.7. The third-order valence-corrected chi connectivity index (χ3v) is 14.2. The Morgan fingerprint density at radius 1 is 0.318 bits per heavy atom. The van der Waals surface area contributed by atoms with Gasteiger partial charge >= 0.3 is 0 Å². The predicted molar refractivity (Wildman–Crippen MR) is 267 cm³/mol. The van der Waals surface area contributed by atoms with Crippen molar-refractivity contribution in [2.45, 2.75) is 24.7 Å². The minimum absolute atomic E-state index is 0.647. The SMILES string of the molecule is Cc1ccc2c(c1)C1(c3cc(C)ccc3N2c2cc(-c3ccncc3)nc(-c3ccncc3)c2)c2ccccc2C2(c3ccccc3N(c3ccccc3)c3ccccc32)c2ccccc21. The van der Waals surface area contributed by atoms with Crippen LogP contribution in [-0.4, -0.2) is 15.0 Å². The number of nitrogens with zero attached hydrogens (tertiary/aromatic N) is 5. The molecule has 13 rings (SSSR count). The second kappa shape index (κ2) is 14.6. The Kier molecular flexibility index (Phi) is 8.40. The topological polar surface area (TPSA) is 45.2 Å². The maximum absolute atomic E-state index is 5.28. The van der Waals surface area contributed by atoms with Crippen molar-refractivity contribution in [1.82, 2.24) is 15.0 Å². The molecule has 3 aliphatic rings. The van der Waals surface area contributed by atoms with Crippen molar-refractivity contribution in [1.29, 1.82) is 0 Å². The van der Waals surface area contributed by atoms with Crippen LogP contribution in [0.4, 0.5) is 34.1 Å². The number of anilines is 6. The molecule has 0 radical (unpaired) electrons. The summed E-state index contributed by atoms with van der Waals surface area (Å²) < 4.78 is 0. The van der Waals surface area contributed by atoms with Gasteiger partial charge in [-0.3, -0.25) is 9.97 Å². The summed E-state index contributed by atoms with van der Waals surface area (Å²) in [6.07, 6.45) is 7.35. The van der Waals surface area contributed by atoms with Gasteiger partial charge in [-0.25, -0.2) is 4.98 Å². The van der Waals surface area contributed by atoms with Crippen molar-refractivity contribution in [3.63, 3.8) is 0 Å². The van der Waals surface area contributed by atoms with Crippen LogP contribution in [0.3, 0.4) is 0 Å². The van der Waals surface area contributed by atoms with E-state index in [1.807, 2.05) is 49.1 Å². The largest absolute Gasteiger partial charge is 0.310 e. The van der Waals surface area contributed by atoms with E-state index in [1.54, 1.807) is 0 Å². The summed E-state index contributed by atoms with van der Waals surface area (Å²) in [7, 11) is 0. The Hall–Kier alpha value is -8.41. The Labute approximate surface area is 385 Å². The highest BCUT2D eigenvalue weighted by atomic mass is 15.2. The minimum Gasteiger partial charge on any atom is -0.310 e. The van der Waals surface area contributed by atoms with Crippen LogP contribution < -0.4 is 9.80 Å². The molecule has 5 heteroatoms. The molecule has 0 amide bonds. The van der Waals surface area contributed by atoms with E-state index < -0.39 is 10.8 Å². The van der Waals surface area contributed by atoms with Crippen LogP contribution in [0.5, 0.6) is 0 Å². The molecule has 2 spiro atoms. The number of aryl methyl sites for hydroxylation is 2. The van der Waals surface area contributed by atoms with Gasteiger partial charge < -0.3 is 9.80 Å². The molecule has 0 atom stereocenters. The average Bonchev–Trinajstić information content (AvgIpc) is 3.38. The van der Waals surface area contributed by atoms with Gasteiger partial charge in [-0.15, -0.1) is 0 Å². The molecule has 66 heavy (non-hydrogen) atoms. The zero-order valence-corrected chi connectivity index (χ0v) is 36.6. The smallest absolute Gasteiger partial charge is 0.0748 e. The summed E-state index contributed by atoms with van der Waals surface area (Å²) in [4.78, 5) is 18.9. The zero-order valence-electron chi connectivity index (χ0n) is 36.6. The molecule has 0 saturated heterocycles. The highest BCUT2D eigenvalue weighted by Crippen LogP contribution is 2.68. The first-order valence-electron chi connectivity index (χ1n) is 22.7. The Balaban J connectivity index is 1.14. The van der Waals surface area contributed by atoms with Crippen LogP contribution in [0.1, 0.15) is 55.6 Å². The third kappa shape index (κ3) is 5.25. The molecule has 2 aliphatic heterocycles. The first-order chi connectivity index (χ1) is 32.6. The van der Waals surface area contributed by atoms with Crippen molar-refractivity contribution < 1.29 is 0 Å². The molecule has 0 saturated carbocycles. The summed E-state index contributed by atoms with van der Waals surface area (Å²) in [5.41, 5.74) is 21.7. The number of aromatic nitrogens is 3. The van der Waals surface area contributed by atoms with E-state index in [2.05, 4.69) is 210 Å². The molecule has 0 fully saturated rings. The van der Waals surface area contributed by atoms with Crippen molar-refractivity contribution in [3.8, 4) is 22.5 Å². The summed E-state index contributed by atoms with van der Waals surface area (Å²) >= 11 is 0. The van der Waals surface area contributed by atoms with Crippen LogP contribution in [0.15, 0.2) is 225 Å². The predicted octanol–water partition coefficient (Wildman–Crippen LogP) is 14.5. The van der Waals surface area contributed by atoms with Crippen molar-refractivity contribution in [3.05, 3.63) is 281 Å². The molecule has 1 aliphatic carbocycles. The number of rotatable bonds is 4. The van der Waals surface area contributed by atoms with Gasteiger partial charge in [-0.2, -0.15) is 0 Å². The van der Waals surface area contributed by atoms with E-state index in [-0.39, 0.29) is 0 Å². The lowest BCUT2D eigenvalue weighted by molar-refractivity contribution is 0.607. The first-order valence-corrected chi connectivity index (χ1v) is 22.7. The lowest BCUT2D eigenvalue weighted by atomic mass is 9.49. The van der Waals surface area contributed by atoms with Gasteiger partial charge in [-0.1, -0.05) is 139 Å². The van der Waals surface area contributed by atoms with E-state index in [9.17, 15) is 0 Å². The molecular formula is C61H43N5. The van der Waals surface area contributed by atoms with Crippen molar-refractivity contribution in [2.24, 2.45) is 0 Å². The van der Waals surface area contributed by atoms with E-state index in [0.717, 1.165) is 45.3 Å². The number of pyridine rings is 3. The van der Waals surface area contributed by atoms with Gasteiger partial charge in [0.25, 0.3) is 0 Å². The maximum Gasteiger partial charge on any atom is 0.0748 e. The van der Waals surface area contributed by atoms with Gasteiger partial charge in [-0.05, 0) is 131 Å². The molecule has 312 valence electrons. The fraction of sp³-hybridized carbons (Fsp3) is 0.0656. The zero-order chi connectivity index (χ0) is 44.0. The summed E-state index contributed by atoms with van der Waals surface area (Å²) in [5.74, 6) is 0. The molecule has 3 aromatic heterocycles. The molecule has 7 aromatic carbocycles. The van der Waals surface area contributed by atoms with Gasteiger partial charge in [0.05, 0.1) is 50.7 Å². The summed E-state index contributed by atoms with van der Waals surface area (Å²) in [6.45, 7) is 4.46. The third-order valence-electron chi connectivity index (χ3n) is 14.2. The summed E-state index contributed by atoms with van der Waals surface area (Å²) in [5, 5.41) is 0. The molecule has 0 bridgehead atoms. The van der Waals surface area contributed by atoms with Crippen LogP contribution in [0.2, 0.25) is 0 Å². The number of hydrogen-bond acceptors (Lipinski definition) is 5. The van der Waals surface area contributed by atoms with Gasteiger partial charge in [0.1, 0.15) is 0 Å². The second-order valence-electron chi connectivity index (χ2n) is 17.7. The van der Waals surface area contributed by atoms with Crippen molar-refractivity contribution in [2.75, 3.05) is 9.80 Å². The van der Waals surface area contributed by atoms with Crippen LogP contribution in [0.25, 0.3) is 22.5 Å². The van der Waals surface area contributed by atoms with Crippen molar-refractivity contribution >= 4 is 34.1 Å². The van der Waals surface area contributed by atoms with E-state index in [4.69, 9.17) is 4.98 Å². The van der Waals surface area contributed by atoms with Crippen LogP contribution in [0, 0.1) is 13.8 Å². The number of hydrogen-bond donors (Lipinski definition) is 0. The first kappa shape index (κ1) is 38.1. The normalized spacial score (nSPS) is 14.4. The molecule has 5 heterocycles. The Morgan fingerprint density at radius 3 is 1.14 bits per heavy atom. The van der Waals surface area contributed by atoms with E-state index in [0.29, 0.717) is 0 Å². The lowest BCUT2D eigenvalue weighted by Gasteiger charge is -2.56. The Bertz CT molecular complexity index is 3320. The Morgan fingerprint density at radius 2 is 0.682 bits per heavy atom. The van der Waals surface area contributed by atoms with Gasteiger partial charge in [0.15, 0.2) is 0 Å². The fourth-order valence-corrected chi connectivity index (χ4v) is 11.7.